The number of hydrogen-bond donors (Lipinski definition) is 0. The van der Waals surface area contributed by atoms with Crippen molar-refractivity contribution in [2.24, 2.45) is 0 Å². The topological polar surface area (TPSA) is 50.3 Å². The molecule has 0 aliphatic rings. The van der Waals surface area contributed by atoms with Crippen LogP contribution < -0.4 is 0 Å². The second kappa shape index (κ2) is 8.29. The first-order chi connectivity index (χ1) is 12.9. The van der Waals surface area contributed by atoms with Crippen LogP contribution >= 0.6 is 15.9 Å². The van der Waals surface area contributed by atoms with Gasteiger partial charge in [-0.2, -0.15) is 4.31 Å². The molecule has 0 fully saturated rings. The van der Waals surface area contributed by atoms with Crippen molar-refractivity contribution >= 4 is 26.0 Å². The maximum Gasteiger partial charge on any atom is 0.243 e. The van der Waals surface area contributed by atoms with E-state index in [0.29, 0.717) is 15.7 Å². The van der Waals surface area contributed by atoms with Crippen LogP contribution in [0.25, 0.3) is 0 Å². The molecule has 140 valence electrons. The molecule has 3 aromatic rings. The van der Waals surface area contributed by atoms with E-state index in [0.717, 1.165) is 5.56 Å². The fraction of sp³-hybridized carbons (Fsp3) is 0.150. The van der Waals surface area contributed by atoms with Gasteiger partial charge in [0.25, 0.3) is 0 Å². The molecule has 2 aromatic carbocycles. The normalized spacial score (nSPS) is 11.7. The average Bonchev–Trinajstić information content (AvgIpc) is 2.64. The minimum Gasteiger partial charge on any atom is -0.260 e. The van der Waals surface area contributed by atoms with E-state index in [9.17, 15) is 12.8 Å². The summed E-state index contributed by atoms with van der Waals surface area (Å²) in [5, 5.41) is 0. The number of nitrogens with zero attached hydrogens (tertiary/aromatic N) is 2. The van der Waals surface area contributed by atoms with Gasteiger partial charge in [-0.3, -0.25) is 4.98 Å². The molecule has 27 heavy (non-hydrogen) atoms. The fourth-order valence-electron chi connectivity index (χ4n) is 2.66. The maximum absolute atomic E-state index is 14.3. The van der Waals surface area contributed by atoms with E-state index in [4.69, 9.17) is 0 Å². The molecular formula is C20H18BrFN2O2S. The molecule has 0 spiro atoms. The highest BCUT2D eigenvalue weighted by Gasteiger charge is 2.26. The van der Waals surface area contributed by atoms with Gasteiger partial charge in [0.15, 0.2) is 0 Å². The molecule has 0 bridgehead atoms. The van der Waals surface area contributed by atoms with E-state index in [-0.39, 0.29) is 18.0 Å². The monoisotopic (exact) mass is 448 g/mol. The van der Waals surface area contributed by atoms with Gasteiger partial charge in [0, 0.05) is 22.8 Å². The van der Waals surface area contributed by atoms with E-state index in [1.54, 1.807) is 54.7 Å². The van der Waals surface area contributed by atoms with E-state index in [1.165, 1.54) is 10.4 Å². The Morgan fingerprint density at radius 3 is 2.52 bits per heavy atom. The van der Waals surface area contributed by atoms with Crippen LogP contribution in [0.4, 0.5) is 4.39 Å². The zero-order valence-corrected chi connectivity index (χ0v) is 17.0. The smallest absolute Gasteiger partial charge is 0.243 e. The number of halogens is 2. The first-order valence-electron chi connectivity index (χ1n) is 8.27. The summed E-state index contributed by atoms with van der Waals surface area (Å²) in [6, 6.07) is 16.6. The highest BCUT2D eigenvalue weighted by atomic mass is 79.9. The third kappa shape index (κ3) is 4.80. The number of pyridine rings is 1. The Balaban J connectivity index is 2.01. The Labute approximate surface area is 166 Å². The lowest BCUT2D eigenvalue weighted by molar-refractivity contribution is 0.390. The number of hydrogen-bond acceptors (Lipinski definition) is 3. The van der Waals surface area contributed by atoms with Crippen LogP contribution in [0.15, 0.2) is 76.2 Å². The van der Waals surface area contributed by atoms with Crippen LogP contribution in [-0.2, 0) is 23.1 Å². The quantitative estimate of drug-likeness (QED) is 0.549. The van der Waals surface area contributed by atoms with E-state index >= 15 is 0 Å². The van der Waals surface area contributed by atoms with Crippen molar-refractivity contribution in [3.8, 4) is 0 Å². The molecule has 0 N–H and O–H groups in total. The summed E-state index contributed by atoms with van der Waals surface area (Å²) in [5.41, 5.74) is 1.72. The number of rotatable bonds is 6. The Morgan fingerprint density at radius 1 is 1.04 bits per heavy atom. The van der Waals surface area contributed by atoms with Gasteiger partial charge in [-0.15, -0.1) is 0 Å². The second-order valence-electron chi connectivity index (χ2n) is 6.15. The Hall–Kier alpha value is -2.09. The lowest BCUT2D eigenvalue weighted by atomic mass is 10.2. The van der Waals surface area contributed by atoms with Gasteiger partial charge >= 0.3 is 0 Å². The maximum atomic E-state index is 14.3. The molecule has 4 nitrogen and oxygen atoms in total. The Morgan fingerprint density at radius 2 is 1.85 bits per heavy atom. The zero-order valence-electron chi connectivity index (χ0n) is 14.6. The Bertz CT molecular complexity index is 1040. The summed E-state index contributed by atoms with van der Waals surface area (Å²) in [6.45, 7) is 1.79. The van der Waals surface area contributed by atoms with Gasteiger partial charge in [0.1, 0.15) is 5.82 Å². The molecule has 1 heterocycles. The van der Waals surface area contributed by atoms with Gasteiger partial charge in [-0.25, -0.2) is 12.8 Å². The SMILES string of the molecule is Cc1cccc(S(=O)(=O)N(Cc2ccccn2)Cc2ccc(Br)cc2F)c1. The molecule has 7 heteroatoms. The number of benzene rings is 2. The van der Waals surface area contributed by atoms with Crippen molar-refractivity contribution in [2.45, 2.75) is 24.9 Å². The summed E-state index contributed by atoms with van der Waals surface area (Å²) >= 11 is 3.22. The summed E-state index contributed by atoms with van der Waals surface area (Å²) in [5.74, 6) is -0.463. The van der Waals surface area contributed by atoms with Crippen LogP contribution in [0.1, 0.15) is 16.8 Å². The van der Waals surface area contributed by atoms with Gasteiger partial charge in [0.2, 0.25) is 10.0 Å². The molecule has 1 aromatic heterocycles. The lowest BCUT2D eigenvalue weighted by Gasteiger charge is -2.22. The molecule has 0 aliphatic heterocycles. The molecule has 0 radical (unpaired) electrons. The fourth-order valence-corrected chi connectivity index (χ4v) is 4.49. The highest BCUT2D eigenvalue weighted by molar-refractivity contribution is 9.10. The summed E-state index contributed by atoms with van der Waals surface area (Å²) in [4.78, 5) is 4.39. The summed E-state index contributed by atoms with van der Waals surface area (Å²) < 4.78 is 42.7. The zero-order chi connectivity index (χ0) is 19.4. The third-order valence-corrected chi connectivity index (χ3v) is 6.33. The standard InChI is InChI=1S/C20H18BrFN2O2S/c1-15-5-4-7-19(11-15)27(25,26)24(14-18-6-2-3-10-23-18)13-16-8-9-17(21)12-20(16)22/h2-12H,13-14H2,1H3. The van der Waals surface area contributed by atoms with Gasteiger partial charge < -0.3 is 0 Å². The second-order valence-corrected chi connectivity index (χ2v) is 9.00. The third-order valence-electron chi connectivity index (χ3n) is 4.05. The molecule has 0 saturated heterocycles. The molecule has 0 aliphatic carbocycles. The van der Waals surface area contributed by atoms with E-state index < -0.39 is 15.8 Å². The van der Waals surface area contributed by atoms with Crippen molar-refractivity contribution in [3.05, 3.63) is 94.0 Å². The number of aryl methyl sites for hydroxylation is 1. The number of aromatic nitrogens is 1. The predicted molar refractivity (Wildman–Crippen MR) is 106 cm³/mol. The minimum atomic E-state index is -3.83. The molecule has 3 rings (SSSR count). The number of sulfonamides is 1. The van der Waals surface area contributed by atoms with Crippen LogP contribution in [0.3, 0.4) is 0 Å². The molecular weight excluding hydrogens is 431 g/mol. The van der Waals surface area contributed by atoms with E-state index in [2.05, 4.69) is 20.9 Å². The van der Waals surface area contributed by atoms with Gasteiger partial charge in [-0.05, 0) is 48.9 Å². The van der Waals surface area contributed by atoms with E-state index in [1.807, 2.05) is 13.0 Å². The van der Waals surface area contributed by atoms with Crippen molar-refractivity contribution in [1.82, 2.24) is 9.29 Å². The average molecular weight is 449 g/mol. The molecule has 0 amide bonds. The van der Waals surface area contributed by atoms with Crippen LogP contribution in [0.5, 0.6) is 0 Å². The van der Waals surface area contributed by atoms with Crippen molar-refractivity contribution in [1.29, 1.82) is 0 Å². The molecule has 0 unspecified atom stereocenters. The van der Waals surface area contributed by atoms with Crippen molar-refractivity contribution in [3.63, 3.8) is 0 Å². The first kappa shape index (κ1) is 19.7. The van der Waals surface area contributed by atoms with Crippen LogP contribution in [-0.4, -0.2) is 17.7 Å². The molecule has 0 atom stereocenters. The predicted octanol–water partition coefficient (Wildman–Crippen LogP) is 4.68. The van der Waals surface area contributed by atoms with Crippen LogP contribution in [0.2, 0.25) is 0 Å². The highest BCUT2D eigenvalue weighted by Crippen LogP contribution is 2.23. The summed E-state index contributed by atoms with van der Waals surface area (Å²) in [6.07, 6.45) is 1.60. The largest absolute Gasteiger partial charge is 0.260 e. The van der Waals surface area contributed by atoms with Gasteiger partial charge in [-0.1, -0.05) is 40.2 Å². The first-order valence-corrected chi connectivity index (χ1v) is 10.5. The summed E-state index contributed by atoms with van der Waals surface area (Å²) in [7, 11) is -3.83. The lowest BCUT2D eigenvalue weighted by Crippen LogP contribution is -2.31. The van der Waals surface area contributed by atoms with Gasteiger partial charge in [0.05, 0.1) is 17.1 Å². The Kier molecular flexibility index (Phi) is 6.04. The minimum absolute atomic E-state index is 0.0482. The molecule has 0 saturated carbocycles. The van der Waals surface area contributed by atoms with Crippen LogP contribution in [0, 0.1) is 12.7 Å². The van der Waals surface area contributed by atoms with Crippen molar-refractivity contribution < 1.29 is 12.8 Å². The van der Waals surface area contributed by atoms with Crippen molar-refractivity contribution in [2.75, 3.05) is 0 Å².